The van der Waals surface area contributed by atoms with Crippen molar-refractivity contribution in [1.82, 2.24) is 5.32 Å². The Kier molecular flexibility index (Phi) is 4.60. The number of hydrogen-bond acceptors (Lipinski definition) is 2. The zero-order chi connectivity index (χ0) is 15.6. The molecule has 1 saturated carbocycles. The number of amides is 1. The van der Waals surface area contributed by atoms with Crippen LogP contribution in [0.1, 0.15) is 38.3 Å². The van der Waals surface area contributed by atoms with Crippen molar-refractivity contribution in [3.8, 4) is 0 Å². The van der Waals surface area contributed by atoms with Crippen LogP contribution in [0.3, 0.4) is 0 Å². The van der Waals surface area contributed by atoms with Crippen LogP contribution in [0.25, 0.3) is 0 Å². The van der Waals surface area contributed by atoms with Crippen molar-refractivity contribution in [2.75, 3.05) is 0 Å². The highest BCUT2D eigenvalue weighted by molar-refractivity contribution is 5.85. The van der Waals surface area contributed by atoms with E-state index < -0.39 is 17.8 Å². The highest BCUT2D eigenvalue weighted by atomic mass is 19.1. The molecule has 0 heterocycles. The van der Waals surface area contributed by atoms with Gasteiger partial charge in [0.15, 0.2) is 0 Å². The fraction of sp³-hybridized carbons (Fsp3) is 0.500. The highest BCUT2D eigenvalue weighted by Gasteiger charge is 2.41. The molecule has 1 aliphatic rings. The molecule has 4 atom stereocenters. The van der Waals surface area contributed by atoms with E-state index in [1.54, 1.807) is 19.1 Å². The van der Waals surface area contributed by atoms with Gasteiger partial charge >= 0.3 is 5.97 Å². The van der Waals surface area contributed by atoms with Gasteiger partial charge in [0.05, 0.1) is 17.9 Å². The fourth-order valence-electron chi connectivity index (χ4n) is 3.01. The summed E-state index contributed by atoms with van der Waals surface area (Å²) in [6, 6.07) is 5.65. The Labute approximate surface area is 123 Å². The topological polar surface area (TPSA) is 66.4 Å². The summed E-state index contributed by atoms with van der Waals surface area (Å²) in [6.45, 7) is 3.77. The van der Waals surface area contributed by atoms with Crippen LogP contribution >= 0.6 is 0 Å². The predicted molar refractivity (Wildman–Crippen MR) is 76.0 cm³/mol. The Balaban J connectivity index is 2.03. The van der Waals surface area contributed by atoms with E-state index in [9.17, 15) is 19.1 Å². The lowest BCUT2D eigenvalue weighted by molar-refractivity contribution is -0.146. The SMILES string of the molecule is CC1CC(C(=O)O)C(C(=O)N[C@H](C)c2ccc(F)cc2)C1. The van der Waals surface area contributed by atoms with Crippen molar-refractivity contribution < 1.29 is 19.1 Å². The molecule has 0 radical (unpaired) electrons. The molecule has 1 fully saturated rings. The van der Waals surface area contributed by atoms with Crippen molar-refractivity contribution in [2.45, 2.75) is 32.7 Å². The average molecular weight is 293 g/mol. The largest absolute Gasteiger partial charge is 0.481 e. The zero-order valence-electron chi connectivity index (χ0n) is 12.2. The molecule has 1 aliphatic carbocycles. The lowest BCUT2D eigenvalue weighted by atomic mass is 9.94. The third-order valence-electron chi connectivity index (χ3n) is 4.18. The van der Waals surface area contributed by atoms with Gasteiger partial charge in [0.25, 0.3) is 0 Å². The second-order valence-electron chi connectivity index (χ2n) is 5.91. The van der Waals surface area contributed by atoms with E-state index in [0.29, 0.717) is 12.8 Å². The molecule has 0 bridgehead atoms. The predicted octanol–water partition coefficient (Wildman–Crippen LogP) is 2.75. The van der Waals surface area contributed by atoms with Crippen molar-refractivity contribution in [3.63, 3.8) is 0 Å². The number of nitrogens with one attached hydrogen (secondary N) is 1. The Hall–Kier alpha value is -1.91. The molecule has 3 unspecified atom stereocenters. The molecule has 114 valence electrons. The second kappa shape index (κ2) is 6.24. The first-order chi connectivity index (χ1) is 9.88. The van der Waals surface area contributed by atoms with Crippen molar-refractivity contribution in [1.29, 1.82) is 0 Å². The molecule has 5 heteroatoms. The molecule has 1 amide bonds. The van der Waals surface area contributed by atoms with Crippen LogP contribution < -0.4 is 5.32 Å². The number of carbonyl (C=O) groups excluding carboxylic acids is 1. The number of carbonyl (C=O) groups is 2. The smallest absolute Gasteiger partial charge is 0.307 e. The second-order valence-corrected chi connectivity index (χ2v) is 5.91. The van der Waals surface area contributed by atoms with E-state index in [-0.39, 0.29) is 23.7 Å². The number of halogens is 1. The first-order valence-corrected chi connectivity index (χ1v) is 7.17. The maximum Gasteiger partial charge on any atom is 0.307 e. The van der Waals surface area contributed by atoms with Crippen molar-refractivity contribution >= 4 is 11.9 Å². The van der Waals surface area contributed by atoms with Gasteiger partial charge < -0.3 is 10.4 Å². The van der Waals surface area contributed by atoms with Gasteiger partial charge in [-0.2, -0.15) is 0 Å². The molecule has 4 nitrogen and oxygen atoms in total. The van der Waals surface area contributed by atoms with E-state index in [2.05, 4.69) is 5.32 Å². The first kappa shape index (κ1) is 15.5. The molecular weight excluding hydrogens is 273 g/mol. The van der Waals surface area contributed by atoms with E-state index in [0.717, 1.165) is 5.56 Å². The fourth-order valence-corrected chi connectivity index (χ4v) is 3.01. The normalized spacial score (nSPS) is 26.3. The van der Waals surface area contributed by atoms with Crippen LogP contribution in [-0.4, -0.2) is 17.0 Å². The van der Waals surface area contributed by atoms with Crippen LogP contribution in [0.2, 0.25) is 0 Å². The monoisotopic (exact) mass is 293 g/mol. The van der Waals surface area contributed by atoms with Gasteiger partial charge in [-0.25, -0.2) is 4.39 Å². The maximum absolute atomic E-state index is 12.9. The number of carboxylic acids is 1. The number of rotatable bonds is 4. The third kappa shape index (κ3) is 3.60. The van der Waals surface area contributed by atoms with Crippen molar-refractivity contribution in [2.24, 2.45) is 17.8 Å². The molecule has 0 spiro atoms. The quantitative estimate of drug-likeness (QED) is 0.897. The minimum atomic E-state index is -0.908. The van der Waals surface area contributed by atoms with E-state index >= 15 is 0 Å². The first-order valence-electron chi connectivity index (χ1n) is 7.17. The third-order valence-corrected chi connectivity index (χ3v) is 4.18. The zero-order valence-corrected chi connectivity index (χ0v) is 12.2. The molecule has 2 rings (SSSR count). The average Bonchev–Trinajstić information content (AvgIpc) is 2.82. The van der Waals surface area contributed by atoms with Crippen LogP contribution in [-0.2, 0) is 9.59 Å². The number of carboxylic acid groups (broad SMARTS) is 1. The summed E-state index contributed by atoms with van der Waals surface area (Å²) in [7, 11) is 0. The van der Waals surface area contributed by atoms with Gasteiger partial charge in [-0.15, -0.1) is 0 Å². The lowest BCUT2D eigenvalue weighted by Gasteiger charge is -2.20. The van der Waals surface area contributed by atoms with Gasteiger partial charge in [0, 0.05) is 0 Å². The van der Waals surface area contributed by atoms with Gasteiger partial charge in [-0.05, 0) is 43.4 Å². The Morgan fingerprint density at radius 3 is 2.38 bits per heavy atom. The minimum absolute atomic E-state index is 0.233. The number of aliphatic carboxylic acids is 1. The van der Waals surface area contributed by atoms with Gasteiger partial charge in [-0.3, -0.25) is 9.59 Å². The highest BCUT2D eigenvalue weighted by Crippen LogP contribution is 2.36. The van der Waals surface area contributed by atoms with Gasteiger partial charge in [0.2, 0.25) is 5.91 Å². The molecule has 0 aliphatic heterocycles. The van der Waals surface area contributed by atoms with E-state index in [1.165, 1.54) is 12.1 Å². The summed E-state index contributed by atoms with van der Waals surface area (Å²) in [5, 5.41) is 12.0. The Morgan fingerprint density at radius 2 is 1.81 bits per heavy atom. The van der Waals surface area contributed by atoms with Crippen LogP contribution in [0.4, 0.5) is 4.39 Å². The summed E-state index contributed by atoms with van der Waals surface area (Å²) in [6.07, 6.45) is 1.14. The Morgan fingerprint density at radius 1 is 1.24 bits per heavy atom. The molecule has 1 aromatic rings. The summed E-state index contributed by atoms with van der Waals surface area (Å²) < 4.78 is 12.9. The summed E-state index contributed by atoms with van der Waals surface area (Å²) in [4.78, 5) is 23.5. The summed E-state index contributed by atoms with van der Waals surface area (Å²) in [5.41, 5.74) is 0.794. The van der Waals surface area contributed by atoms with Crippen molar-refractivity contribution in [3.05, 3.63) is 35.6 Å². The lowest BCUT2D eigenvalue weighted by Crippen LogP contribution is -2.36. The van der Waals surface area contributed by atoms with Crippen LogP contribution in [0, 0.1) is 23.6 Å². The van der Waals surface area contributed by atoms with E-state index in [1.807, 2.05) is 6.92 Å². The minimum Gasteiger partial charge on any atom is -0.481 e. The molecule has 0 saturated heterocycles. The molecular formula is C16H20FNO3. The maximum atomic E-state index is 12.9. The number of benzene rings is 1. The van der Waals surface area contributed by atoms with Crippen LogP contribution in [0.5, 0.6) is 0 Å². The van der Waals surface area contributed by atoms with Crippen LogP contribution in [0.15, 0.2) is 24.3 Å². The van der Waals surface area contributed by atoms with Gasteiger partial charge in [-0.1, -0.05) is 19.1 Å². The molecule has 21 heavy (non-hydrogen) atoms. The summed E-state index contributed by atoms with van der Waals surface area (Å²) in [5.74, 6) is -2.32. The van der Waals surface area contributed by atoms with E-state index in [4.69, 9.17) is 0 Å². The summed E-state index contributed by atoms with van der Waals surface area (Å²) >= 11 is 0. The Bertz CT molecular complexity index is 529. The standard InChI is InChI=1S/C16H20FNO3/c1-9-7-13(14(8-9)16(20)21)15(19)18-10(2)11-3-5-12(17)6-4-11/h3-6,9-10,13-14H,7-8H2,1-2H3,(H,18,19)(H,20,21)/t9?,10-,13?,14?/m1/s1. The number of hydrogen-bond donors (Lipinski definition) is 2. The molecule has 1 aromatic carbocycles. The molecule has 2 N–H and O–H groups in total. The van der Waals surface area contributed by atoms with Gasteiger partial charge in [0.1, 0.15) is 5.82 Å². The molecule has 0 aromatic heterocycles.